The second-order valence-electron chi connectivity index (χ2n) is 6.51. The molecule has 0 spiro atoms. The summed E-state index contributed by atoms with van der Waals surface area (Å²) in [5.74, 6) is -0.0558. The van der Waals surface area contributed by atoms with Crippen LogP contribution in [0, 0.1) is 0 Å². The van der Waals surface area contributed by atoms with Crippen LogP contribution < -0.4 is 10.5 Å². The molecule has 3 rings (SSSR count). The van der Waals surface area contributed by atoms with Crippen molar-refractivity contribution in [2.45, 2.75) is 37.2 Å². The Bertz CT molecular complexity index is 1050. The van der Waals surface area contributed by atoms with Crippen molar-refractivity contribution in [1.82, 2.24) is 9.55 Å². The number of fused-ring (bicyclic) bond motifs is 1. The van der Waals surface area contributed by atoms with Crippen molar-refractivity contribution in [2.75, 3.05) is 11.9 Å². The molecule has 0 radical (unpaired) electrons. The Labute approximate surface area is 173 Å². The average Bonchev–Trinajstić information content (AvgIpc) is 2.70. The molecule has 0 aliphatic carbocycles. The predicted molar refractivity (Wildman–Crippen MR) is 116 cm³/mol. The van der Waals surface area contributed by atoms with Crippen LogP contribution in [0.1, 0.15) is 20.3 Å². The van der Waals surface area contributed by atoms with Gasteiger partial charge in [-0.3, -0.25) is 14.2 Å². The van der Waals surface area contributed by atoms with E-state index in [1.165, 1.54) is 11.8 Å². The van der Waals surface area contributed by atoms with Crippen LogP contribution in [0.3, 0.4) is 0 Å². The Kier molecular flexibility index (Phi) is 6.42. The molecule has 3 aromatic rings. The van der Waals surface area contributed by atoms with Gasteiger partial charge in [-0.05, 0) is 43.7 Å². The molecular weight excluding hydrogens is 394 g/mol. The number of hydrogen-bond donors (Lipinski definition) is 0. The molecule has 1 amide bonds. The van der Waals surface area contributed by atoms with Crippen molar-refractivity contribution >= 4 is 45.9 Å². The van der Waals surface area contributed by atoms with Crippen molar-refractivity contribution in [1.29, 1.82) is 0 Å². The maximum absolute atomic E-state index is 12.9. The summed E-state index contributed by atoms with van der Waals surface area (Å²) in [7, 11) is 1.75. The molecule has 1 atom stereocenters. The minimum atomic E-state index is -0.406. The standard InChI is InChI=1S/C21H22ClN3O2S/c1-4-12-25-20(27)17-11-10-15(22)13-18(17)23-21(25)28-14(2)19(26)24(3)16-8-6-5-7-9-16/h5-11,13-14H,4,12H2,1-3H3. The number of benzene rings is 2. The normalized spacial score (nSPS) is 12.1. The molecule has 28 heavy (non-hydrogen) atoms. The van der Waals surface area contributed by atoms with E-state index in [0.717, 1.165) is 12.1 Å². The number of amides is 1. The Morgan fingerprint density at radius 1 is 1.25 bits per heavy atom. The topological polar surface area (TPSA) is 55.2 Å². The molecule has 1 unspecified atom stereocenters. The van der Waals surface area contributed by atoms with Gasteiger partial charge >= 0.3 is 0 Å². The molecule has 146 valence electrons. The number of rotatable bonds is 6. The van der Waals surface area contributed by atoms with Crippen molar-refractivity contribution in [3.8, 4) is 0 Å². The SMILES string of the molecule is CCCn1c(SC(C)C(=O)N(C)c2ccccc2)nc2cc(Cl)ccc2c1=O. The summed E-state index contributed by atoms with van der Waals surface area (Å²) in [4.78, 5) is 32.1. The van der Waals surface area contributed by atoms with Gasteiger partial charge in [-0.25, -0.2) is 4.98 Å². The number of halogens is 1. The minimum absolute atomic E-state index is 0.0558. The molecule has 0 saturated heterocycles. The molecule has 1 aromatic heterocycles. The largest absolute Gasteiger partial charge is 0.315 e. The molecule has 5 nitrogen and oxygen atoms in total. The zero-order chi connectivity index (χ0) is 20.3. The van der Waals surface area contributed by atoms with Crippen LogP contribution in [-0.2, 0) is 11.3 Å². The van der Waals surface area contributed by atoms with Crippen LogP contribution in [0.5, 0.6) is 0 Å². The summed E-state index contributed by atoms with van der Waals surface area (Å²) in [6, 6.07) is 14.5. The van der Waals surface area contributed by atoms with Gasteiger partial charge in [0.05, 0.1) is 16.2 Å². The van der Waals surface area contributed by atoms with Gasteiger partial charge in [0.2, 0.25) is 5.91 Å². The number of carbonyl (C=O) groups is 1. The minimum Gasteiger partial charge on any atom is -0.315 e. The van der Waals surface area contributed by atoms with E-state index in [2.05, 4.69) is 4.98 Å². The quantitative estimate of drug-likeness (QED) is 0.436. The third kappa shape index (κ3) is 4.23. The lowest BCUT2D eigenvalue weighted by Crippen LogP contribution is -2.34. The summed E-state index contributed by atoms with van der Waals surface area (Å²) >= 11 is 7.37. The van der Waals surface area contributed by atoms with Crippen molar-refractivity contribution in [3.05, 3.63) is 63.9 Å². The van der Waals surface area contributed by atoms with E-state index in [4.69, 9.17) is 11.6 Å². The second kappa shape index (κ2) is 8.80. The molecule has 0 saturated carbocycles. The third-order valence-electron chi connectivity index (χ3n) is 4.43. The molecule has 0 bridgehead atoms. The fourth-order valence-electron chi connectivity index (χ4n) is 2.94. The van der Waals surface area contributed by atoms with Crippen LogP contribution in [0.4, 0.5) is 5.69 Å². The van der Waals surface area contributed by atoms with Crippen LogP contribution in [0.2, 0.25) is 5.02 Å². The Hall–Kier alpha value is -2.31. The highest BCUT2D eigenvalue weighted by Gasteiger charge is 2.23. The molecule has 0 aliphatic heterocycles. The highest BCUT2D eigenvalue weighted by Crippen LogP contribution is 2.26. The van der Waals surface area contributed by atoms with Gasteiger partial charge in [-0.1, -0.05) is 48.5 Å². The first kappa shape index (κ1) is 20.4. The van der Waals surface area contributed by atoms with Gasteiger partial charge in [0.1, 0.15) is 0 Å². The summed E-state index contributed by atoms with van der Waals surface area (Å²) in [6.45, 7) is 4.38. The maximum Gasteiger partial charge on any atom is 0.262 e. The van der Waals surface area contributed by atoms with E-state index in [0.29, 0.717) is 27.6 Å². The summed E-state index contributed by atoms with van der Waals surface area (Å²) in [5.41, 5.74) is 1.26. The lowest BCUT2D eigenvalue weighted by atomic mass is 10.2. The first-order valence-electron chi connectivity index (χ1n) is 9.11. The third-order valence-corrected chi connectivity index (χ3v) is 5.75. The van der Waals surface area contributed by atoms with E-state index in [1.807, 2.05) is 44.2 Å². The number of anilines is 1. The zero-order valence-electron chi connectivity index (χ0n) is 16.1. The zero-order valence-corrected chi connectivity index (χ0v) is 17.6. The van der Waals surface area contributed by atoms with E-state index >= 15 is 0 Å². The second-order valence-corrected chi connectivity index (χ2v) is 8.25. The molecule has 7 heteroatoms. The lowest BCUT2D eigenvalue weighted by Gasteiger charge is -2.22. The van der Waals surface area contributed by atoms with E-state index in [9.17, 15) is 9.59 Å². The molecular formula is C21H22ClN3O2S. The monoisotopic (exact) mass is 415 g/mol. The summed E-state index contributed by atoms with van der Waals surface area (Å²) in [5, 5.41) is 1.18. The van der Waals surface area contributed by atoms with Crippen molar-refractivity contribution in [3.63, 3.8) is 0 Å². The molecule has 0 aliphatic rings. The summed E-state index contributed by atoms with van der Waals surface area (Å²) < 4.78 is 1.65. The fraction of sp³-hybridized carbons (Fsp3) is 0.286. The van der Waals surface area contributed by atoms with Crippen molar-refractivity contribution in [2.24, 2.45) is 0 Å². The average molecular weight is 416 g/mol. The first-order valence-corrected chi connectivity index (χ1v) is 10.4. The van der Waals surface area contributed by atoms with E-state index < -0.39 is 5.25 Å². The van der Waals surface area contributed by atoms with Crippen LogP contribution >= 0.6 is 23.4 Å². The van der Waals surface area contributed by atoms with Crippen molar-refractivity contribution < 1.29 is 4.79 Å². The lowest BCUT2D eigenvalue weighted by molar-refractivity contribution is -0.117. The van der Waals surface area contributed by atoms with Gasteiger partial charge in [0, 0.05) is 24.3 Å². The number of aromatic nitrogens is 2. The Morgan fingerprint density at radius 2 is 1.96 bits per heavy atom. The smallest absolute Gasteiger partial charge is 0.262 e. The number of carbonyl (C=O) groups excluding carboxylic acids is 1. The van der Waals surface area contributed by atoms with Gasteiger partial charge < -0.3 is 4.90 Å². The number of thioether (sulfide) groups is 1. The highest BCUT2D eigenvalue weighted by atomic mass is 35.5. The van der Waals surface area contributed by atoms with E-state index in [-0.39, 0.29) is 11.5 Å². The van der Waals surface area contributed by atoms with Gasteiger partial charge in [0.25, 0.3) is 5.56 Å². The van der Waals surface area contributed by atoms with Gasteiger partial charge in [0.15, 0.2) is 5.16 Å². The highest BCUT2D eigenvalue weighted by molar-refractivity contribution is 8.00. The summed E-state index contributed by atoms with van der Waals surface area (Å²) in [6.07, 6.45) is 0.792. The molecule has 0 N–H and O–H groups in total. The van der Waals surface area contributed by atoms with E-state index in [1.54, 1.807) is 34.7 Å². The van der Waals surface area contributed by atoms with Gasteiger partial charge in [-0.15, -0.1) is 0 Å². The number of para-hydroxylation sites is 1. The number of hydrogen-bond acceptors (Lipinski definition) is 4. The Morgan fingerprint density at radius 3 is 2.64 bits per heavy atom. The predicted octanol–water partition coefficient (Wildman–Crippen LogP) is 4.60. The Balaban J connectivity index is 1.95. The first-order chi connectivity index (χ1) is 13.4. The van der Waals surface area contributed by atoms with Crippen LogP contribution in [0.15, 0.2) is 58.5 Å². The maximum atomic E-state index is 12.9. The molecule has 1 heterocycles. The molecule has 2 aromatic carbocycles. The fourth-order valence-corrected chi connectivity index (χ4v) is 4.14. The molecule has 0 fully saturated rings. The van der Waals surface area contributed by atoms with Gasteiger partial charge in [-0.2, -0.15) is 0 Å². The van der Waals surface area contributed by atoms with Crippen LogP contribution in [-0.4, -0.2) is 27.8 Å². The van der Waals surface area contributed by atoms with Crippen LogP contribution in [0.25, 0.3) is 10.9 Å². The number of nitrogens with zero attached hydrogens (tertiary/aromatic N) is 3.